The van der Waals surface area contributed by atoms with Crippen molar-refractivity contribution in [2.24, 2.45) is 0 Å². The molecule has 23 heavy (non-hydrogen) atoms. The maximum Gasteiger partial charge on any atom is 0.240 e. The van der Waals surface area contributed by atoms with Gasteiger partial charge in [0.2, 0.25) is 5.91 Å². The van der Waals surface area contributed by atoms with E-state index in [2.05, 4.69) is 50.4 Å². The number of carbonyl (C=O) groups excluding carboxylic acids is 1. The number of nitrogens with one attached hydrogen (secondary N) is 1. The molecule has 124 valence electrons. The fraction of sp³-hybridized carbons (Fsp3) is 0.421. The van der Waals surface area contributed by atoms with E-state index >= 15 is 0 Å². The van der Waals surface area contributed by atoms with Crippen molar-refractivity contribution < 1.29 is 9.21 Å². The molecule has 2 aromatic rings. The van der Waals surface area contributed by atoms with Crippen molar-refractivity contribution in [3.05, 3.63) is 54.0 Å². The topological polar surface area (TPSA) is 45.5 Å². The molecule has 0 aliphatic carbocycles. The highest BCUT2D eigenvalue weighted by atomic mass is 16.3. The number of amides is 1. The fourth-order valence-corrected chi connectivity index (χ4v) is 2.42. The lowest BCUT2D eigenvalue weighted by atomic mass is 9.87. The number of likely N-dealkylation sites (N-methyl/N-ethyl adjacent to an activating group) is 1. The van der Waals surface area contributed by atoms with Crippen LogP contribution in [0.3, 0.4) is 0 Å². The van der Waals surface area contributed by atoms with Gasteiger partial charge < -0.3 is 14.6 Å². The van der Waals surface area contributed by atoms with Gasteiger partial charge in [0, 0.05) is 12.7 Å². The quantitative estimate of drug-likeness (QED) is 0.910. The average Bonchev–Trinajstić information content (AvgIpc) is 3.00. The second-order valence-corrected chi connectivity index (χ2v) is 6.96. The zero-order valence-electron chi connectivity index (χ0n) is 14.6. The standard InChI is InChI=1S/C19H26N2O2/c1-14(17-7-6-12-23-17)20-18(22)13-21(5)16-10-8-15(9-11-16)19(2,3)4/h6-12,14H,13H2,1-5H3,(H,20,22). The monoisotopic (exact) mass is 314 g/mol. The molecule has 0 fully saturated rings. The molecule has 1 aromatic carbocycles. The van der Waals surface area contributed by atoms with Gasteiger partial charge in [0.1, 0.15) is 5.76 Å². The normalized spacial score (nSPS) is 12.7. The highest BCUT2D eigenvalue weighted by Gasteiger charge is 2.15. The lowest BCUT2D eigenvalue weighted by molar-refractivity contribution is -0.120. The number of benzene rings is 1. The molecule has 1 atom stereocenters. The molecule has 0 aliphatic rings. The van der Waals surface area contributed by atoms with Gasteiger partial charge in [-0.15, -0.1) is 0 Å². The van der Waals surface area contributed by atoms with E-state index in [1.54, 1.807) is 6.26 Å². The maximum atomic E-state index is 12.2. The second kappa shape index (κ2) is 6.90. The van der Waals surface area contributed by atoms with Crippen LogP contribution in [0, 0.1) is 0 Å². The van der Waals surface area contributed by atoms with Crippen molar-refractivity contribution in [2.45, 2.75) is 39.2 Å². The number of nitrogens with zero attached hydrogens (tertiary/aromatic N) is 1. The van der Waals surface area contributed by atoms with E-state index in [1.807, 2.05) is 31.0 Å². The van der Waals surface area contributed by atoms with Crippen LogP contribution in [0.1, 0.15) is 45.1 Å². The average molecular weight is 314 g/mol. The Bertz CT molecular complexity index is 624. The Morgan fingerprint density at radius 2 is 1.87 bits per heavy atom. The van der Waals surface area contributed by atoms with Gasteiger partial charge in [0.05, 0.1) is 18.8 Å². The predicted molar refractivity (Wildman–Crippen MR) is 93.7 cm³/mol. The Balaban J connectivity index is 1.93. The van der Waals surface area contributed by atoms with Gasteiger partial charge in [-0.05, 0) is 42.2 Å². The van der Waals surface area contributed by atoms with Gasteiger partial charge in [-0.3, -0.25) is 4.79 Å². The highest BCUT2D eigenvalue weighted by Crippen LogP contribution is 2.24. The summed E-state index contributed by atoms with van der Waals surface area (Å²) in [5.41, 5.74) is 2.44. The zero-order valence-corrected chi connectivity index (χ0v) is 14.6. The van der Waals surface area contributed by atoms with Crippen LogP contribution < -0.4 is 10.2 Å². The minimum Gasteiger partial charge on any atom is -0.467 e. The Labute approximate surface area is 138 Å². The lowest BCUT2D eigenvalue weighted by Crippen LogP contribution is -2.36. The first kappa shape index (κ1) is 17.1. The van der Waals surface area contributed by atoms with Crippen molar-refractivity contribution >= 4 is 11.6 Å². The smallest absolute Gasteiger partial charge is 0.240 e. The van der Waals surface area contributed by atoms with Crippen LogP contribution in [0.5, 0.6) is 0 Å². The van der Waals surface area contributed by atoms with Crippen LogP contribution >= 0.6 is 0 Å². The first-order valence-electron chi connectivity index (χ1n) is 7.92. The molecule has 4 heteroatoms. The summed E-state index contributed by atoms with van der Waals surface area (Å²) in [6, 6.07) is 11.9. The summed E-state index contributed by atoms with van der Waals surface area (Å²) in [6.07, 6.45) is 1.61. The molecular weight excluding hydrogens is 288 g/mol. The highest BCUT2D eigenvalue weighted by molar-refractivity contribution is 5.81. The molecule has 1 aromatic heterocycles. The molecule has 4 nitrogen and oxygen atoms in total. The molecule has 1 unspecified atom stereocenters. The largest absolute Gasteiger partial charge is 0.467 e. The van der Waals surface area contributed by atoms with Gasteiger partial charge in [-0.2, -0.15) is 0 Å². The Kier molecular flexibility index (Phi) is 5.14. The van der Waals surface area contributed by atoms with Gasteiger partial charge in [-0.1, -0.05) is 32.9 Å². The molecule has 0 saturated heterocycles. The minimum absolute atomic E-state index is 0.0312. The molecule has 1 N–H and O–H groups in total. The third-order valence-electron chi connectivity index (χ3n) is 3.90. The summed E-state index contributed by atoms with van der Waals surface area (Å²) < 4.78 is 5.30. The summed E-state index contributed by atoms with van der Waals surface area (Å²) in [4.78, 5) is 14.1. The first-order chi connectivity index (χ1) is 10.8. The van der Waals surface area contributed by atoms with Crippen LogP contribution in [-0.2, 0) is 10.2 Å². The maximum absolute atomic E-state index is 12.2. The zero-order chi connectivity index (χ0) is 17.0. The van der Waals surface area contributed by atoms with Crippen molar-refractivity contribution in [3.63, 3.8) is 0 Å². The number of carbonyl (C=O) groups is 1. The summed E-state index contributed by atoms with van der Waals surface area (Å²) >= 11 is 0. The second-order valence-electron chi connectivity index (χ2n) is 6.96. The molecule has 1 heterocycles. The molecule has 0 radical (unpaired) electrons. The van der Waals surface area contributed by atoms with E-state index in [-0.39, 0.29) is 17.4 Å². The molecule has 1 amide bonds. The van der Waals surface area contributed by atoms with E-state index in [1.165, 1.54) is 5.56 Å². The number of hydrogen-bond acceptors (Lipinski definition) is 3. The van der Waals surface area contributed by atoms with Gasteiger partial charge in [0.25, 0.3) is 0 Å². The Morgan fingerprint density at radius 3 is 2.39 bits per heavy atom. The van der Waals surface area contributed by atoms with Gasteiger partial charge in [0.15, 0.2) is 0 Å². The number of furan rings is 1. The molecule has 0 spiro atoms. The molecule has 0 saturated carbocycles. The summed E-state index contributed by atoms with van der Waals surface area (Å²) in [7, 11) is 1.92. The van der Waals surface area contributed by atoms with E-state index in [0.29, 0.717) is 6.54 Å². The fourth-order valence-electron chi connectivity index (χ4n) is 2.42. The van der Waals surface area contributed by atoms with Crippen molar-refractivity contribution in [1.82, 2.24) is 5.32 Å². The van der Waals surface area contributed by atoms with Crippen LogP contribution in [0.4, 0.5) is 5.69 Å². The van der Waals surface area contributed by atoms with Gasteiger partial charge in [-0.25, -0.2) is 0 Å². The van der Waals surface area contributed by atoms with Crippen molar-refractivity contribution in [1.29, 1.82) is 0 Å². The van der Waals surface area contributed by atoms with Crippen molar-refractivity contribution in [2.75, 3.05) is 18.5 Å². The van der Waals surface area contributed by atoms with E-state index in [9.17, 15) is 4.79 Å². The van der Waals surface area contributed by atoms with Crippen LogP contribution in [0.2, 0.25) is 0 Å². The number of rotatable bonds is 5. The summed E-state index contributed by atoms with van der Waals surface area (Å²) in [5.74, 6) is 0.729. The van der Waals surface area contributed by atoms with Crippen LogP contribution in [0.15, 0.2) is 47.1 Å². The Hall–Kier alpha value is -2.23. The predicted octanol–water partition coefficient (Wildman–Crippen LogP) is 3.89. The van der Waals surface area contributed by atoms with Crippen LogP contribution in [-0.4, -0.2) is 19.5 Å². The van der Waals surface area contributed by atoms with E-state index in [4.69, 9.17) is 4.42 Å². The van der Waals surface area contributed by atoms with E-state index in [0.717, 1.165) is 11.4 Å². The first-order valence-corrected chi connectivity index (χ1v) is 7.92. The third kappa shape index (κ3) is 4.62. The lowest BCUT2D eigenvalue weighted by Gasteiger charge is -2.23. The molecule has 0 bridgehead atoms. The minimum atomic E-state index is -0.130. The third-order valence-corrected chi connectivity index (χ3v) is 3.90. The number of hydrogen-bond donors (Lipinski definition) is 1. The molecule has 2 rings (SSSR count). The summed E-state index contributed by atoms with van der Waals surface area (Å²) in [5, 5.41) is 2.94. The summed E-state index contributed by atoms with van der Waals surface area (Å²) in [6.45, 7) is 8.79. The number of anilines is 1. The molecular formula is C19H26N2O2. The Morgan fingerprint density at radius 1 is 1.22 bits per heavy atom. The van der Waals surface area contributed by atoms with Crippen molar-refractivity contribution in [3.8, 4) is 0 Å². The SMILES string of the molecule is CC(NC(=O)CN(C)c1ccc(C(C)(C)C)cc1)c1ccco1. The molecule has 0 aliphatic heterocycles. The van der Waals surface area contributed by atoms with E-state index < -0.39 is 0 Å². The van der Waals surface area contributed by atoms with Crippen LogP contribution in [0.25, 0.3) is 0 Å². The van der Waals surface area contributed by atoms with Gasteiger partial charge >= 0.3 is 0 Å².